The molecule has 0 aromatic carbocycles. The molecular formula is C11H16N2O. The molecule has 0 bridgehead atoms. The predicted octanol–water partition coefficient (Wildman–Crippen LogP) is 1.90. The molecule has 1 saturated heterocycles. The third-order valence-electron chi connectivity index (χ3n) is 2.49. The fourth-order valence-electron chi connectivity index (χ4n) is 1.71. The van der Waals surface area contributed by atoms with Crippen LogP contribution in [0.5, 0.6) is 0 Å². The Bertz CT molecular complexity index is 319. The van der Waals surface area contributed by atoms with E-state index in [-0.39, 0.29) is 0 Å². The standard InChI is InChI=1S/C11H16N2O/c1-8-5-9(2)11(12-6-8)13-10-3-4-14-7-10/h5-6,10H,3-4,7H2,1-2H3,(H,12,13). The van der Waals surface area contributed by atoms with Gasteiger partial charge in [0.2, 0.25) is 0 Å². The summed E-state index contributed by atoms with van der Waals surface area (Å²) in [4.78, 5) is 4.37. The molecule has 76 valence electrons. The van der Waals surface area contributed by atoms with Crippen molar-refractivity contribution in [1.29, 1.82) is 0 Å². The number of anilines is 1. The highest BCUT2D eigenvalue weighted by Gasteiger charge is 2.16. The molecule has 3 heteroatoms. The van der Waals surface area contributed by atoms with Gasteiger partial charge in [0.25, 0.3) is 0 Å². The van der Waals surface area contributed by atoms with E-state index in [0.717, 1.165) is 25.5 Å². The molecule has 1 aromatic heterocycles. The van der Waals surface area contributed by atoms with E-state index < -0.39 is 0 Å². The first-order valence-corrected chi connectivity index (χ1v) is 5.03. The lowest BCUT2D eigenvalue weighted by Crippen LogP contribution is -2.20. The summed E-state index contributed by atoms with van der Waals surface area (Å²) < 4.78 is 5.30. The number of aryl methyl sites for hydroxylation is 2. The molecule has 1 atom stereocenters. The lowest BCUT2D eigenvalue weighted by Gasteiger charge is -2.13. The van der Waals surface area contributed by atoms with Gasteiger partial charge in [-0.3, -0.25) is 0 Å². The fraction of sp³-hybridized carbons (Fsp3) is 0.545. The van der Waals surface area contributed by atoms with Crippen molar-refractivity contribution in [1.82, 2.24) is 4.98 Å². The Labute approximate surface area is 84.5 Å². The van der Waals surface area contributed by atoms with E-state index in [9.17, 15) is 0 Å². The average molecular weight is 192 g/mol. The molecule has 1 unspecified atom stereocenters. The van der Waals surface area contributed by atoms with Crippen LogP contribution in [-0.2, 0) is 4.74 Å². The number of ether oxygens (including phenoxy) is 1. The quantitative estimate of drug-likeness (QED) is 0.777. The van der Waals surface area contributed by atoms with Crippen molar-refractivity contribution in [3.8, 4) is 0 Å². The van der Waals surface area contributed by atoms with Crippen LogP contribution in [0.1, 0.15) is 17.5 Å². The Morgan fingerprint density at radius 1 is 1.50 bits per heavy atom. The van der Waals surface area contributed by atoms with Gasteiger partial charge >= 0.3 is 0 Å². The Morgan fingerprint density at radius 3 is 3.00 bits per heavy atom. The zero-order valence-electron chi connectivity index (χ0n) is 8.71. The highest BCUT2D eigenvalue weighted by molar-refractivity contribution is 5.45. The molecule has 0 aliphatic carbocycles. The van der Waals surface area contributed by atoms with Crippen molar-refractivity contribution in [2.45, 2.75) is 26.3 Å². The SMILES string of the molecule is Cc1cnc(NC2CCOC2)c(C)c1. The smallest absolute Gasteiger partial charge is 0.129 e. The normalized spacial score (nSPS) is 21.1. The van der Waals surface area contributed by atoms with Crippen molar-refractivity contribution in [3.05, 3.63) is 23.4 Å². The number of aromatic nitrogens is 1. The second kappa shape index (κ2) is 3.96. The topological polar surface area (TPSA) is 34.2 Å². The van der Waals surface area contributed by atoms with Crippen molar-refractivity contribution >= 4 is 5.82 Å². The summed E-state index contributed by atoms with van der Waals surface area (Å²) in [5.41, 5.74) is 2.41. The molecule has 1 N–H and O–H groups in total. The Hall–Kier alpha value is -1.09. The first-order valence-electron chi connectivity index (χ1n) is 5.03. The molecule has 0 amide bonds. The zero-order chi connectivity index (χ0) is 9.97. The second-order valence-corrected chi connectivity index (χ2v) is 3.88. The molecule has 1 aliphatic heterocycles. The van der Waals surface area contributed by atoms with E-state index in [4.69, 9.17) is 4.74 Å². The largest absolute Gasteiger partial charge is 0.379 e. The number of nitrogens with zero attached hydrogens (tertiary/aromatic N) is 1. The molecule has 1 aliphatic rings. The second-order valence-electron chi connectivity index (χ2n) is 3.88. The van der Waals surface area contributed by atoms with Crippen LogP contribution in [0, 0.1) is 13.8 Å². The summed E-state index contributed by atoms with van der Waals surface area (Å²) in [5, 5.41) is 3.40. The van der Waals surface area contributed by atoms with Gasteiger partial charge in [-0.25, -0.2) is 4.98 Å². The Kier molecular flexibility index (Phi) is 2.68. The van der Waals surface area contributed by atoms with Crippen LogP contribution >= 0.6 is 0 Å². The lowest BCUT2D eigenvalue weighted by atomic mass is 10.2. The lowest BCUT2D eigenvalue weighted by molar-refractivity contribution is 0.195. The van der Waals surface area contributed by atoms with Gasteiger partial charge in [-0.2, -0.15) is 0 Å². The van der Waals surface area contributed by atoms with Crippen LogP contribution in [0.4, 0.5) is 5.82 Å². The maximum atomic E-state index is 5.30. The van der Waals surface area contributed by atoms with E-state index >= 15 is 0 Å². The summed E-state index contributed by atoms with van der Waals surface area (Å²) in [6, 6.07) is 2.58. The molecule has 0 radical (unpaired) electrons. The molecule has 3 nitrogen and oxygen atoms in total. The molecule has 1 aromatic rings. The molecule has 1 fully saturated rings. The first kappa shape index (κ1) is 9.46. The molecule has 2 heterocycles. The summed E-state index contributed by atoms with van der Waals surface area (Å²) in [7, 11) is 0. The minimum Gasteiger partial charge on any atom is -0.379 e. The van der Waals surface area contributed by atoms with Crippen molar-refractivity contribution in [2.75, 3.05) is 18.5 Å². The van der Waals surface area contributed by atoms with E-state index in [1.807, 2.05) is 6.20 Å². The first-order chi connectivity index (χ1) is 6.75. The minimum atomic E-state index is 0.434. The van der Waals surface area contributed by atoms with Gasteiger partial charge in [0.1, 0.15) is 5.82 Å². The highest BCUT2D eigenvalue weighted by atomic mass is 16.5. The van der Waals surface area contributed by atoms with Crippen LogP contribution < -0.4 is 5.32 Å². The van der Waals surface area contributed by atoms with Crippen LogP contribution in [0.2, 0.25) is 0 Å². The fourth-order valence-corrected chi connectivity index (χ4v) is 1.71. The van der Waals surface area contributed by atoms with Crippen molar-refractivity contribution in [2.24, 2.45) is 0 Å². The van der Waals surface area contributed by atoms with Crippen LogP contribution in [0.3, 0.4) is 0 Å². The van der Waals surface area contributed by atoms with Crippen LogP contribution in [0.25, 0.3) is 0 Å². The summed E-state index contributed by atoms with van der Waals surface area (Å²) >= 11 is 0. The number of nitrogens with one attached hydrogen (secondary N) is 1. The Morgan fingerprint density at radius 2 is 2.36 bits per heavy atom. The number of hydrogen-bond acceptors (Lipinski definition) is 3. The average Bonchev–Trinajstić information content (AvgIpc) is 2.62. The number of pyridine rings is 1. The molecular weight excluding hydrogens is 176 g/mol. The third-order valence-corrected chi connectivity index (χ3v) is 2.49. The number of hydrogen-bond donors (Lipinski definition) is 1. The van der Waals surface area contributed by atoms with Gasteiger partial charge in [0.05, 0.1) is 12.6 Å². The molecule has 0 spiro atoms. The van der Waals surface area contributed by atoms with Crippen molar-refractivity contribution < 1.29 is 4.74 Å². The zero-order valence-corrected chi connectivity index (χ0v) is 8.71. The van der Waals surface area contributed by atoms with Gasteiger partial charge in [0, 0.05) is 12.8 Å². The monoisotopic (exact) mass is 192 g/mol. The molecule has 14 heavy (non-hydrogen) atoms. The Balaban J connectivity index is 2.08. The van der Waals surface area contributed by atoms with E-state index in [0.29, 0.717) is 6.04 Å². The van der Waals surface area contributed by atoms with Gasteiger partial charge in [0.15, 0.2) is 0 Å². The maximum absolute atomic E-state index is 5.30. The van der Waals surface area contributed by atoms with Crippen LogP contribution in [0.15, 0.2) is 12.3 Å². The highest BCUT2D eigenvalue weighted by Crippen LogP contribution is 2.16. The summed E-state index contributed by atoms with van der Waals surface area (Å²) in [5.74, 6) is 0.992. The molecule has 0 saturated carbocycles. The summed E-state index contributed by atoms with van der Waals surface area (Å²) in [6.45, 7) is 5.80. The predicted molar refractivity (Wildman–Crippen MR) is 56.6 cm³/mol. The van der Waals surface area contributed by atoms with E-state index in [1.165, 1.54) is 11.1 Å². The van der Waals surface area contributed by atoms with Gasteiger partial charge in [-0.15, -0.1) is 0 Å². The van der Waals surface area contributed by atoms with Crippen molar-refractivity contribution in [3.63, 3.8) is 0 Å². The minimum absolute atomic E-state index is 0.434. The number of rotatable bonds is 2. The van der Waals surface area contributed by atoms with Gasteiger partial charge < -0.3 is 10.1 Å². The molecule has 2 rings (SSSR count). The van der Waals surface area contributed by atoms with Gasteiger partial charge in [-0.1, -0.05) is 6.07 Å². The third kappa shape index (κ3) is 2.04. The maximum Gasteiger partial charge on any atom is 0.129 e. The van der Waals surface area contributed by atoms with E-state index in [1.54, 1.807) is 0 Å². The van der Waals surface area contributed by atoms with Crippen LogP contribution in [-0.4, -0.2) is 24.2 Å². The van der Waals surface area contributed by atoms with E-state index in [2.05, 4.69) is 30.2 Å². The van der Waals surface area contributed by atoms with Gasteiger partial charge in [-0.05, 0) is 31.4 Å². The summed E-state index contributed by atoms with van der Waals surface area (Å²) in [6.07, 6.45) is 2.97.